The number of nitrogens with one attached hydrogen (secondary N) is 2. The number of ether oxygens (including phenoxy) is 1. The molecule has 2 N–H and O–H groups in total. The maximum Gasteiger partial charge on any atom is 0.275 e. The molecule has 0 aliphatic carbocycles. The maximum absolute atomic E-state index is 12.1. The fourth-order valence-corrected chi connectivity index (χ4v) is 2.20. The topological polar surface area (TPSA) is 80.3 Å². The minimum atomic E-state index is -0.339. The van der Waals surface area contributed by atoms with Gasteiger partial charge in [-0.3, -0.25) is 9.59 Å². The largest absolute Gasteiger partial charge is 0.383 e. The first-order valence-electron chi connectivity index (χ1n) is 6.28. The van der Waals surface area contributed by atoms with E-state index in [1.807, 2.05) is 0 Å². The van der Waals surface area contributed by atoms with Gasteiger partial charge in [0.1, 0.15) is 5.69 Å². The standard InChI is InChI=1S/C14H15N3O3S/c1-20-7-6-15-13(18)10-4-2-3-5-11(10)17-14(19)12-8-21-9-16-12/h2-5,8-9H,6-7H2,1H3,(H,15,18)(H,17,19). The van der Waals surface area contributed by atoms with Crippen LogP contribution in [0.25, 0.3) is 0 Å². The smallest absolute Gasteiger partial charge is 0.275 e. The number of amides is 2. The summed E-state index contributed by atoms with van der Waals surface area (Å²) in [4.78, 5) is 28.0. The fraction of sp³-hybridized carbons (Fsp3) is 0.214. The summed E-state index contributed by atoms with van der Waals surface area (Å²) in [5, 5.41) is 7.07. The Hall–Kier alpha value is -2.25. The number of hydrogen-bond acceptors (Lipinski definition) is 5. The van der Waals surface area contributed by atoms with E-state index in [0.717, 1.165) is 0 Å². The van der Waals surface area contributed by atoms with E-state index in [0.29, 0.717) is 30.1 Å². The molecule has 1 aromatic carbocycles. The van der Waals surface area contributed by atoms with Gasteiger partial charge in [-0.1, -0.05) is 12.1 Å². The van der Waals surface area contributed by atoms with Gasteiger partial charge in [0.05, 0.1) is 23.4 Å². The molecule has 2 amide bonds. The van der Waals surface area contributed by atoms with Crippen LogP contribution in [0.3, 0.4) is 0 Å². The zero-order valence-electron chi connectivity index (χ0n) is 11.5. The van der Waals surface area contributed by atoms with Crippen LogP contribution in [0.2, 0.25) is 0 Å². The number of carbonyl (C=O) groups is 2. The second-order valence-electron chi connectivity index (χ2n) is 4.12. The van der Waals surface area contributed by atoms with Gasteiger partial charge in [0.15, 0.2) is 0 Å². The van der Waals surface area contributed by atoms with Crippen molar-refractivity contribution >= 4 is 28.8 Å². The van der Waals surface area contributed by atoms with Crippen LogP contribution in [0.5, 0.6) is 0 Å². The molecule has 0 fully saturated rings. The summed E-state index contributed by atoms with van der Waals surface area (Å²) in [6, 6.07) is 6.82. The summed E-state index contributed by atoms with van der Waals surface area (Å²) in [5.74, 6) is -0.602. The van der Waals surface area contributed by atoms with E-state index in [9.17, 15) is 9.59 Å². The second kappa shape index (κ2) is 7.51. The summed E-state index contributed by atoms with van der Waals surface area (Å²) in [5.41, 5.74) is 2.76. The van der Waals surface area contributed by atoms with Crippen molar-refractivity contribution in [3.63, 3.8) is 0 Å². The van der Waals surface area contributed by atoms with E-state index in [-0.39, 0.29) is 11.8 Å². The van der Waals surface area contributed by atoms with E-state index in [1.54, 1.807) is 42.3 Å². The lowest BCUT2D eigenvalue weighted by molar-refractivity contribution is 0.0938. The van der Waals surface area contributed by atoms with Gasteiger partial charge in [-0.15, -0.1) is 11.3 Å². The van der Waals surface area contributed by atoms with Crippen molar-refractivity contribution < 1.29 is 14.3 Å². The quantitative estimate of drug-likeness (QED) is 0.797. The van der Waals surface area contributed by atoms with E-state index < -0.39 is 0 Å². The number of thiazole rings is 1. The van der Waals surface area contributed by atoms with Crippen LogP contribution in [0.1, 0.15) is 20.8 Å². The SMILES string of the molecule is COCCNC(=O)c1ccccc1NC(=O)c1cscn1. The molecule has 6 nitrogen and oxygen atoms in total. The number of aromatic nitrogens is 1. The summed E-state index contributed by atoms with van der Waals surface area (Å²) in [6.07, 6.45) is 0. The first-order valence-corrected chi connectivity index (χ1v) is 7.22. The van der Waals surface area contributed by atoms with Gasteiger partial charge in [-0.25, -0.2) is 4.98 Å². The minimum absolute atomic E-state index is 0.263. The predicted octanol–water partition coefficient (Wildman–Crippen LogP) is 1.77. The Morgan fingerprint density at radius 2 is 2.10 bits per heavy atom. The number of anilines is 1. The molecule has 0 saturated carbocycles. The molecular formula is C14H15N3O3S. The van der Waals surface area contributed by atoms with E-state index in [4.69, 9.17) is 4.74 Å². The average molecular weight is 305 g/mol. The molecule has 0 radical (unpaired) electrons. The number of hydrogen-bond donors (Lipinski definition) is 2. The van der Waals surface area contributed by atoms with Crippen molar-refractivity contribution in [3.05, 3.63) is 46.4 Å². The highest BCUT2D eigenvalue weighted by Gasteiger charge is 2.14. The number of nitrogens with zero attached hydrogens (tertiary/aromatic N) is 1. The van der Waals surface area contributed by atoms with Gasteiger partial charge in [-0.05, 0) is 12.1 Å². The molecule has 0 unspecified atom stereocenters. The molecule has 0 spiro atoms. The Bertz CT molecular complexity index is 614. The van der Waals surface area contributed by atoms with Crippen LogP contribution in [-0.4, -0.2) is 37.1 Å². The molecular weight excluding hydrogens is 290 g/mol. The van der Waals surface area contributed by atoms with Gasteiger partial charge in [0, 0.05) is 19.0 Å². The number of para-hydroxylation sites is 1. The van der Waals surface area contributed by atoms with Crippen molar-refractivity contribution in [2.45, 2.75) is 0 Å². The third-order valence-electron chi connectivity index (χ3n) is 2.68. The van der Waals surface area contributed by atoms with Crippen molar-refractivity contribution in [1.82, 2.24) is 10.3 Å². The molecule has 110 valence electrons. The van der Waals surface area contributed by atoms with Crippen molar-refractivity contribution in [3.8, 4) is 0 Å². The average Bonchev–Trinajstić information content (AvgIpc) is 3.02. The normalized spacial score (nSPS) is 10.1. The van der Waals surface area contributed by atoms with Gasteiger partial charge < -0.3 is 15.4 Å². The molecule has 0 aliphatic heterocycles. The number of benzene rings is 1. The van der Waals surface area contributed by atoms with E-state index in [2.05, 4.69) is 15.6 Å². The van der Waals surface area contributed by atoms with Crippen molar-refractivity contribution in [1.29, 1.82) is 0 Å². The molecule has 0 aliphatic rings. The minimum Gasteiger partial charge on any atom is -0.383 e. The van der Waals surface area contributed by atoms with Crippen molar-refractivity contribution in [2.24, 2.45) is 0 Å². The molecule has 1 heterocycles. The van der Waals surface area contributed by atoms with Gasteiger partial charge >= 0.3 is 0 Å². The highest BCUT2D eigenvalue weighted by molar-refractivity contribution is 7.07. The van der Waals surface area contributed by atoms with Crippen LogP contribution in [0, 0.1) is 0 Å². The number of rotatable bonds is 6. The number of carbonyl (C=O) groups excluding carboxylic acids is 2. The third-order valence-corrected chi connectivity index (χ3v) is 3.26. The molecule has 2 aromatic rings. The Morgan fingerprint density at radius 1 is 1.29 bits per heavy atom. The molecule has 7 heteroatoms. The van der Waals surface area contributed by atoms with Gasteiger partial charge in [-0.2, -0.15) is 0 Å². The van der Waals surface area contributed by atoms with Gasteiger partial charge in [0.25, 0.3) is 11.8 Å². The van der Waals surface area contributed by atoms with Crippen LogP contribution in [0.15, 0.2) is 35.2 Å². The Balaban J connectivity index is 2.09. The van der Waals surface area contributed by atoms with Gasteiger partial charge in [0.2, 0.25) is 0 Å². The molecule has 0 bridgehead atoms. The second-order valence-corrected chi connectivity index (χ2v) is 4.84. The Morgan fingerprint density at radius 3 is 2.81 bits per heavy atom. The lowest BCUT2D eigenvalue weighted by atomic mass is 10.1. The Labute approximate surface area is 126 Å². The van der Waals surface area contributed by atoms with Crippen LogP contribution in [-0.2, 0) is 4.74 Å². The molecule has 2 rings (SSSR count). The number of methoxy groups -OCH3 is 1. The molecule has 0 atom stereocenters. The summed E-state index contributed by atoms with van der Waals surface area (Å²) >= 11 is 1.34. The fourth-order valence-electron chi connectivity index (χ4n) is 1.66. The van der Waals surface area contributed by atoms with Crippen LogP contribution >= 0.6 is 11.3 Å². The van der Waals surface area contributed by atoms with Crippen LogP contribution < -0.4 is 10.6 Å². The summed E-state index contributed by atoms with van der Waals surface area (Å²) < 4.78 is 4.88. The highest BCUT2D eigenvalue weighted by Crippen LogP contribution is 2.16. The monoisotopic (exact) mass is 305 g/mol. The summed E-state index contributed by atoms with van der Waals surface area (Å²) in [7, 11) is 1.56. The third kappa shape index (κ3) is 4.11. The lowest BCUT2D eigenvalue weighted by Gasteiger charge is -2.10. The van der Waals surface area contributed by atoms with E-state index >= 15 is 0 Å². The Kier molecular flexibility index (Phi) is 5.42. The zero-order valence-corrected chi connectivity index (χ0v) is 12.3. The molecule has 21 heavy (non-hydrogen) atoms. The van der Waals surface area contributed by atoms with E-state index in [1.165, 1.54) is 11.3 Å². The first kappa shape index (κ1) is 15.1. The first-order chi connectivity index (χ1) is 10.2. The van der Waals surface area contributed by atoms with Crippen molar-refractivity contribution in [2.75, 3.05) is 25.6 Å². The van der Waals surface area contributed by atoms with Crippen LogP contribution in [0.4, 0.5) is 5.69 Å². The lowest BCUT2D eigenvalue weighted by Crippen LogP contribution is -2.28. The highest BCUT2D eigenvalue weighted by atomic mass is 32.1. The predicted molar refractivity (Wildman–Crippen MR) is 80.7 cm³/mol. The summed E-state index contributed by atoms with van der Waals surface area (Å²) in [6.45, 7) is 0.836. The maximum atomic E-state index is 12.1. The molecule has 0 saturated heterocycles. The molecule has 1 aromatic heterocycles. The zero-order chi connectivity index (χ0) is 15.1.